The molecule has 0 unspecified atom stereocenters. The van der Waals surface area contributed by atoms with Crippen LogP contribution < -0.4 is 4.90 Å². The van der Waals surface area contributed by atoms with Crippen molar-refractivity contribution in [3.63, 3.8) is 0 Å². The first-order valence-corrected chi connectivity index (χ1v) is 10.2. The molecule has 0 spiro atoms. The maximum atomic E-state index is 13.4. The highest BCUT2D eigenvalue weighted by Gasteiger charge is 2.50. The van der Waals surface area contributed by atoms with Crippen molar-refractivity contribution in [2.75, 3.05) is 4.90 Å². The van der Waals surface area contributed by atoms with Crippen molar-refractivity contribution in [1.29, 1.82) is 0 Å². The van der Waals surface area contributed by atoms with Gasteiger partial charge in [0.2, 0.25) is 0 Å². The summed E-state index contributed by atoms with van der Waals surface area (Å²) in [6.07, 6.45) is -0.340. The second kappa shape index (κ2) is 7.75. The summed E-state index contributed by atoms with van der Waals surface area (Å²) in [6, 6.07) is 16.7. The molecular weight excluding hydrogens is 393 g/mol. The number of carbonyl (C=O) groups excluding carboxylic acids is 2. The van der Waals surface area contributed by atoms with Crippen molar-refractivity contribution >= 4 is 17.4 Å². The number of hydrogen-bond donors (Lipinski definition) is 1. The van der Waals surface area contributed by atoms with E-state index in [1.807, 2.05) is 32.9 Å². The maximum Gasteiger partial charge on any atom is 0.264 e. The van der Waals surface area contributed by atoms with Crippen LogP contribution in [0.25, 0.3) is 0 Å². The van der Waals surface area contributed by atoms with Crippen LogP contribution >= 0.6 is 0 Å². The number of halogens is 1. The van der Waals surface area contributed by atoms with Gasteiger partial charge in [0.1, 0.15) is 5.82 Å². The predicted molar refractivity (Wildman–Crippen MR) is 118 cm³/mol. The van der Waals surface area contributed by atoms with Crippen molar-refractivity contribution in [3.05, 3.63) is 99.9 Å². The standard InChI is InChI=1S/C26H24FNO3/c1-16-12-17(2)24(18(3)13-16)23(29)14-26(31)21-6-4-5-7-22(21)28(25(26)30)15-19-8-10-20(27)11-9-19/h4-13,31H,14-15H2,1-3H3/t26-/m0/s1. The van der Waals surface area contributed by atoms with E-state index in [0.29, 0.717) is 16.8 Å². The van der Waals surface area contributed by atoms with Gasteiger partial charge in [-0.2, -0.15) is 0 Å². The highest BCUT2D eigenvalue weighted by Crippen LogP contribution is 2.43. The van der Waals surface area contributed by atoms with Crippen LogP contribution in [0.5, 0.6) is 0 Å². The van der Waals surface area contributed by atoms with Crippen molar-refractivity contribution in [2.24, 2.45) is 0 Å². The second-order valence-electron chi connectivity index (χ2n) is 8.27. The number of aryl methyl sites for hydroxylation is 3. The highest BCUT2D eigenvalue weighted by atomic mass is 19.1. The number of benzene rings is 3. The van der Waals surface area contributed by atoms with Gasteiger partial charge in [0.05, 0.1) is 18.7 Å². The Morgan fingerprint density at radius 2 is 1.61 bits per heavy atom. The van der Waals surface area contributed by atoms with Crippen molar-refractivity contribution < 1.29 is 19.1 Å². The van der Waals surface area contributed by atoms with E-state index in [1.54, 1.807) is 36.4 Å². The van der Waals surface area contributed by atoms with E-state index in [0.717, 1.165) is 22.3 Å². The zero-order valence-electron chi connectivity index (χ0n) is 17.8. The van der Waals surface area contributed by atoms with Crippen LogP contribution in [0.3, 0.4) is 0 Å². The molecule has 0 saturated carbocycles. The number of Topliss-reactive ketones (excluding diaryl/α,β-unsaturated/α-hetero) is 1. The Kier molecular flexibility index (Phi) is 5.23. The number of hydrogen-bond acceptors (Lipinski definition) is 3. The molecule has 0 saturated heterocycles. The van der Waals surface area contributed by atoms with Crippen LogP contribution in [0.1, 0.15) is 44.6 Å². The summed E-state index contributed by atoms with van der Waals surface area (Å²) < 4.78 is 13.3. The molecular formula is C26H24FNO3. The Hall–Kier alpha value is -3.31. The molecule has 0 aromatic heterocycles. The molecule has 0 fully saturated rings. The number of amides is 1. The van der Waals surface area contributed by atoms with Gasteiger partial charge in [-0.05, 0) is 55.7 Å². The molecule has 1 N–H and O–H groups in total. The average molecular weight is 417 g/mol. The SMILES string of the molecule is Cc1cc(C)c(C(=O)C[C@@]2(O)C(=O)N(Cc3ccc(F)cc3)c3ccccc32)c(C)c1. The average Bonchev–Trinajstić information content (AvgIpc) is 2.91. The minimum absolute atomic E-state index is 0.176. The molecule has 4 rings (SSSR count). The van der Waals surface area contributed by atoms with Crippen LogP contribution in [-0.4, -0.2) is 16.8 Å². The lowest BCUT2D eigenvalue weighted by Crippen LogP contribution is -2.41. The molecule has 0 aliphatic carbocycles. The van der Waals surface area contributed by atoms with Crippen molar-refractivity contribution in [2.45, 2.75) is 39.3 Å². The van der Waals surface area contributed by atoms with E-state index < -0.39 is 11.5 Å². The Balaban J connectivity index is 1.70. The Morgan fingerprint density at radius 3 is 2.26 bits per heavy atom. The van der Waals surface area contributed by atoms with Gasteiger partial charge < -0.3 is 10.0 Å². The molecule has 3 aromatic carbocycles. The first-order chi connectivity index (χ1) is 14.7. The molecule has 4 nitrogen and oxygen atoms in total. The number of ketones is 1. The summed E-state index contributed by atoms with van der Waals surface area (Å²) in [6.45, 7) is 5.87. The number of anilines is 1. The minimum atomic E-state index is -1.95. The lowest BCUT2D eigenvalue weighted by atomic mass is 9.85. The van der Waals surface area contributed by atoms with Crippen molar-refractivity contribution in [3.8, 4) is 0 Å². The molecule has 158 valence electrons. The molecule has 1 atom stereocenters. The largest absolute Gasteiger partial charge is 0.375 e. The molecule has 0 radical (unpaired) electrons. The van der Waals surface area contributed by atoms with E-state index in [-0.39, 0.29) is 24.6 Å². The molecule has 31 heavy (non-hydrogen) atoms. The van der Waals surface area contributed by atoms with E-state index in [9.17, 15) is 19.1 Å². The first-order valence-electron chi connectivity index (χ1n) is 10.2. The Labute approximate surface area is 181 Å². The van der Waals surface area contributed by atoms with Crippen LogP contribution in [-0.2, 0) is 16.9 Å². The summed E-state index contributed by atoms with van der Waals surface area (Å²) in [5, 5.41) is 11.5. The summed E-state index contributed by atoms with van der Waals surface area (Å²) in [5.41, 5.74) is 3.00. The third-order valence-corrected chi connectivity index (χ3v) is 5.87. The summed E-state index contributed by atoms with van der Waals surface area (Å²) >= 11 is 0. The van der Waals surface area contributed by atoms with E-state index in [4.69, 9.17) is 0 Å². The zero-order valence-corrected chi connectivity index (χ0v) is 17.8. The second-order valence-corrected chi connectivity index (χ2v) is 8.27. The van der Waals surface area contributed by atoms with Gasteiger partial charge in [-0.15, -0.1) is 0 Å². The van der Waals surface area contributed by atoms with E-state index >= 15 is 0 Å². The number of carbonyl (C=O) groups is 2. The Morgan fingerprint density at radius 1 is 1.00 bits per heavy atom. The van der Waals surface area contributed by atoms with Gasteiger partial charge in [0.15, 0.2) is 11.4 Å². The van der Waals surface area contributed by atoms with Crippen LogP contribution in [0.4, 0.5) is 10.1 Å². The molecule has 3 aromatic rings. The lowest BCUT2D eigenvalue weighted by Gasteiger charge is -2.23. The maximum absolute atomic E-state index is 13.4. The zero-order chi connectivity index (χ0) is 22.3. The van der Waals surface area contributed by atoms with E-state index in [2.05, 4.69) is 0 Å². The number of nitrogens with zero attached hydrogens (tertiary/aromatic N) is 1. The molecule has 1 amide bonds. The fraction of sp³-hybridized carbons (Fsp3) is 0.231. The van der Waals surface area contributed by atoms with Gasteiger partial charge in [0.25, 0.3) is 5.91 Å². The smallest absolute Gasteiger partial charge is 0.264 e. The van der Waals surface area contributed by atoms with Gasteiger partial charge >= 0.3 is 0 Å². The fourth-order valence-electron chi connectivity index (χ4n) is 4.55. The topological polar surface area (TPSA) is 57.6 Å². The summed E-state index contributed by atoms with van der Waals surface area (Å²) in [4.78, 5) is 28.1. The molecule has 1 heterocycles. The molecule has 5 heteroatoms. The van der Waals surface area contributed by atoms with Gasteiger partial charge in [0, 0.05) is 11.1 Å². The van der Waals surface area contributed by atoms with E-state index in [1.165, 1.54) is 17.0 Å². The van der Waals surface area contributed by atoms with Gasteiger partial charge in [-0.25, -0.2) is 4.39 Å². The van der Waals surface area contributed by atoms with Crippen LogP contribution in [0.15, 0.2) is 60.7 Å². The molecule has 0 bridgehead atoms. The quantitative estimate of drug-likeness (QED) is 0.609. The normalized spacial score (nSPS) is 17.7. The van der Waals surface area contributed by atoms with Crippen LogP contribution in [0.2, 0.25) is 0 Å². The predicted octanol–water partition coefficient (Wildman–Crippen LogP) is 4.76. The van der Waals surface area contributed by atoms with Crippen LogP contribution in [0, 0.1) is 26.6 Å². The lowest BCUT2D eigenvalue weighted by molar-refractivity contribution is -0.136. The molecule has 1 aliphatic rings. The number of aliphatic hydroxyl groups is 1. The molecule has 1 aliphatic heterocycles. The summed E-state index contributed by atoms with van der Waals surface area (Å²) in [5.74, 6) is -1.18. The van der Waals surface area contributed by atoms with Gasteiger partial charge in [-0.1, -0.05) is 48.0 Å². The van der Waals surface area contributed by atoms with Gasteiger partial charge in [-0.3, -0.25) is 9.59 Å². The third kappa shape index (κ3) is 3.66. The third-order valence-electron chi connectivity index (χ3n) is 5.87. The number of rotatable bonds is 5. The van der Waals surface area contributed by atoms with Crippen molar-refractivity contribution in [1.82, 2.24) is 0 Å². The summed E-state index contributed by atoms with van der Waals surface area (Å²) in [7, 11) is 0. The number of fused-ring (bicyclic) bond motifs is 1. The highest BCUT2D eigenvalue weighted by molar-refractivity contribution is 6.11. The number of para-hydroxylation sites is 1. The monoisotopic (exact) mass is 417 g/mol. The Bertz CT molecular complexity index is 1160. The fourth-order valence-corrected chi connectivity index (χ4v) is 4.55. The first kappa shape index (κ1) is 20.9. The minimum Gasteiger partial charge on any atom is -0.375 e.